The Kier molecular flexibility index (Phi) is 6.86. The van der Waals surface area contributed by atoms with Crippen LogP contribution in [0.25, 0.3) is 0 Å². The van der Waals surface area contributed by atoms with Crippen LogP contribution in [-0.2, 0) is 0 Å². The molecule has 0 spiro atoms. The number of nitrogens with two attached hydrogens (primary N) is 1. The van der Waals surface area contributed by atoms with Gasteiger partial charge >= 0.3 is 0 Å². The molecule has 1 fully saturated rings. The number of carbonyl (C=O) groups excluding carboxylic acids is 1. The minimum absolute atomic E-state index is 0. The number of nitrogens with one attached hydrogen (secondary N) is 1. The highest BCUT2D eigenvalue weighted by Crippen LogP contribution is 2.21. The van der Waals surface area contributed by atoms with Crippen molar-refractivity contribution in [1.29, 1.82) is 0 Å². The first-order valence-corrected chi connectivity index (χ1v) is 7.53. The molecule has 1 saturated carbocycles. The van der Waals surface area contributed by atoms with Gasteiger partial charge in [-0.3, -0.25) is 4.79 Å². The first-order chi connectivity index (χ1) is 8.56. The van der Waals surface area contributed by atoms with Gasteiger partial charge in [0, 0.05) is 15.7 Å². The van der Waals surface area contributed by atoms with Crippen molar-refractivity contribution in [2.45, 2.75) is 37.8 Å². The van der Waals surface area contributed by atoms with Crippen molar-refractivity contribution in [3.05, 3.63) is 32.4 Å². The van der Waals surface area contributed by atoms with E-state index in [1.54, 1.807) is 12.1 Å². The third kappa shape index (κ3) is 4.77. The Hall–Kier alpha value is -0.0400. The summed E-state index contributed by atoms with van der Waals surface area (Å²) in [5.41, 5.74) is 6.39. The fourth-order valence-corrected chi connectivity index (χ4v) is 3.14. The molecule has 1 amide bonds. The molecule has 0 atom stereocenters. The zero-order valence-corrected chi connectivity index (χ0v) is 14.1. The predicted molar refractivity (Wildman–Crippen MR) is 89.1 cm³/mol. The van der Waals surface area contributed by atoms with Crippen LogP contribution in [0.1, 0.15) is 36.0 Å². The van der Waals surface area contributed by atoms with E-state index in [-0.39, 0.29) is 24.4 Å². The highest BCUT2D eigenvalue weighted by molar-refractivity contribution is 14.1. The summed E-state index contributed by atoms with van der Waals surface area (Å²) in [6.07, 6.45) is 3.86. The lowest BCUT2D eigenvalue weighted by atomic mass is 9.91. The molecule has 0 unspecified atom stereocenters. The van der Waals surface area contributed by atoms with E-state index < -0.39 is 0 Å². The number of hydrogen-bond acceptors (Lipinski definition) is 2. The Morgan fingerprint density at radius 2 is 1.95 bits per heavy atom. The molecule has 1 aliphatic rings. The average Bonchev–Trinajstić information content (AvgIpc) is 2.32. The van der Waals surface area contributed by atoms with E-state index in [1.807, 2.05) is 6.07 Å². The number of halogens is 3. The lowest BCUT2D eigenvalue weighted by molar-refractivity contribution is 0.0926. The van der Waals surface area contributed by atoms with Crippen LogP contribution >= 0.6 is 46.6 Å². The Labute approximate surface area is 138 Å². The van der Waals surface area contributed by atoms with Crippen molar-refractivity contribution in [1.82, 2.24) is 5.32 Å². The SMILES string of the molecule is Cl.NC1CCC(NC(=O)c2ccc(I)cc2Cl)CC1. The molecular formula is C13H17Cl2IN2O. The van der Waals surface area contributed by atoms with Gasteiger partial charge in [-0.15, -0.1) is 12.4 Å². The molecule has 19 heavy (non-hydrogen) atoms. The Balaban J connectivity index is 0.00000180. The maximum Gasteiger partial charge on any atom is 0.253 e. The van der Waals surface area contributed by atoms with Crippen LogP contribution in [0, 0.1) is 3.57 Å². The summed E-state index contributed by atoms with van der Waals surface area (Å²) in [7, 11) is 0. The summed E-state index contributed by atoms with van der Waals surface area (Å²) in [5.74, 6) is -0.0862. The largest absolute Gasteiger partial charge is 0.349 e. The zero-order chi connectivity index (χ0) is 13.1. The molecule has 0 aromatic heterocycles. The predicted octanol–water partition coefficient (Wildman–Crippen LogP) is 3.37. The number of amides is 1. The molecule has 0 radical (unpaired) electrons. The summed E-state index contributed by atoms with van der Waals surface area (Å²) in [4.78, 5) is 12.1. The number of rotatable bonds is 2. The van der Waals surface area contributed by atoms with Gasteiger partial charge in [-0.05, 0) is 66.5 Å². The molecule has 1 aliphatic carbocycles. The van der Waals surface area contributed by atoms with E-state index in [2.05, 4.69) is 27.9 Å². The van der Waals surface area contributed by atoms with Gasteiger partial charge in [-0.25, -0.2) is 0 Å². The molecule has 0 saturated heterocycles. The molecular weight excluding hydrogens is 398 g/mol. The average molecular weight is 415 g/mol. The number of hydrogen-bond donors (Lipinski definition) is 2. The molecule has 0 heterocycles. The Bertz CT molecular complexity index is 448. The quantitative estimate of drug-likeness (QED) is 0.729. The molecule has 0 aliphatic heterocycles. The second-order valence-corrected chi connectivity index (χ2v) is 6.36. The van der Waals surface area contributed by atoms with Crippen molar-refractivity contribution in [3.8, 4) is 0 Å². The van der Waals surface area contributed by atoms with Gasteiger partial charge in [0.2, 0.25) is 0 Å². The van der Waals surface area contributed by atoms with Gasteiger partial charge in [0.05, 0.1) is 10.6 Å². The third-order valence-corrected chi connectivity index (χ3v) is 4.27. The summed E-state index contributed by atoms with van der Waals surface area (Å²) in [5, 5.41) is 3.54. The van der Waals surface area contributed by atoms with Crippen molar-refractivity contribution in [2.75, 3.05) is 0 Å². The van der Waals surface area contributed by atoms with Gasteiger partial charge in [0.25, 0.3) is 5.91 Å². The van der Waals surface area contributed by atoms with E-state index >= 15 is 0 Å². The summed E-state index contributed by atoms with van der Waals surface area (Å²) in [6.45, 7) is 0. The normalized spacial score (nSPS) is 22.5. The highest BCUT2D eigenvalue weighted by atomic mass is 127. The van der Waals surface area contributed by atoms with Crippen molar-refractivity contribution in [3.63, 3.8) is 0 Å². The third-order valence-electron chi connectivity index (χ3n) is 3.28. The number of benzene rings is 1. The number of carbonyl (C=O) groups is 1. The minimum atomic E-state index is -0.0862. The van der Waals surface area contributed by atoms with Crippen LogP contribution < -0.4 is 11.1 Å². The van der Waals surface area contributed by atoms with Gasteiger partial charge in [-0.1, -0.05) is 11.6 Å². The smallest absolute Gasteiger partial charge is 0.253 e. The summed E-state index contributed by atoms with van der Waals surface area (Å²) in [6, 6.07) is 5.98. The van der Waals surface area contributed by atoms with Crippen LogP contribution in [0.2, 0.25) is 5.02 Å². The van der Waals surface area contributed by atoms with Crippen molar-refractivity contribution >= 4 is 52.5 Å². The maximum absolute atomic E-state index is 12.1. The van der Waals surface area contributed by atoms with Gasteiger partial charge in [0.1, 0.15) is 0 Å². The molecule has 1 aromatic rings. The standard InChI is InChI=1S/C13H16ClIN2O.ClH/c14-12-7-8(15)1-6-11(12)13(18)17-10-4-2-9(16)3-5-10;/h1,6-7,9-10H,2-5,16H2,(H,17,18);1H. The van der Waals surface area contributed by atoms with Crippen molar-refractivity contribution < 1.29 is 4.79 Å². The van der Waals surface area contributed by atoms with Crippen LogP contribution in [0.15, 0.2) is 18.2 Å². The molecule has 6 heteroatoms. The van der Waals surface area contributed by atoms with Crippen LogP contribution in [-0.4, -0.2) is 18.0 Å². The van der Waals surface area contributed by atoms with E-state index in [0.29, 0.717) is 16.6 Å². The highest BCUT2D eigenvalue weighted by Gasteiger charge is 2.21. The van der Waals surface area contributed by atoms with Crippen LogP contribution in [0.3, 0.4) is 0 Å². The van der Waals surface area contributed by atoms with Crippen LogP contribution in [0.5, 0.6) is 0 Å². The second-order valence-electron chi connectivity index (χ2n) is 4.71. The van der Waals surface area contributed by atoms with E-state index in [0.717, 1.165) is 29.3 Å². The Morgan fingerprint density at radius 3 is 2.53 bits per heavy atom. The molecule has 3 nitrogen and oxygen atoms in total. The second kappa shape index (κ2) is 7.67. The van der Waals surface area contributed by atoms with E-state index in [1.165, 1.54) is 0 Å². The topological polar surface area (TPSA) is 55.1 Å². The van der Waals surface area contributed by atoms with Crippen molar-refractivity contribution in [2.24, 2.45) is 5.73 Å². The monoisotopic (exact) mass is 414 g/mol. The fourth-order valence-electron chi connectivity index (χ4n) is 2.20. The first kappa shape index (κ1) is 17.0. The molecule has 3 N–H and O–H groups in total. The van der Waals surface area contributed by atoms with Gasteiger partial charge in [0.15, 0.2) is 0 Å². The molecule has 2 rings (SSSR count). The summed E-state index contributed by atoms with van der Waals surface area (Å²) >= 11 is 8.25. The maximum atomic E-state index is 12.1. The fraction of sp³-hybridized carbons (Fsp3) is 0.462. The summed E-state index contributed by atoms with van der Waals surface area (Å²) < 4.78 is 1.03. The molecule has 106 valence electrons. The molecule has 1 aromatic carbocycles. The van der Waals surface area contributed by atoms with E-state index in [4.69, 9.17) is 17.3 Å². The minimum Gasteiger partial charge on any atom is -0.349 e. The van der Waals surface area contributed by atoms with Crippen LogP contribution in [0.4, 0.5) is 0 Å². The lowest BCUT2D eigenvalue weighted by Gasteiger charge is -2.26. The molecule has 0 bridgehead atoms. The van der Waals surface area contributed by atoms with E-state index in [9.17, 15) is 4.79 Å². The van der Waals surface area contributed by atoms with Gasteiger partial charge < -0.3 is 11.1 Å². The lowest BCUT2D eigenvalue weighted by Crippen LogP contribution is -2.40. The Morgan fingerprint density at radius 1 is 1.32 bits per heavy atom. The van der Waals surface area contributed by atoms with Gasteiger partial charge in [-0.2, -0.15) is 0 Å². The zero-order valence-electron chi connectivity index (χ0n) is 10.4. The first-order valence-electron chi connectivity index (χ1n) is 6.08.